The fourth-order valence-electron chi connectivity index (χ4n) is 3.22. The Labute approximate surface area is 170 Å². The summed E-state index contributed by atoms with van der Waals surface area (Å²) in [6, 6.07) is 0.296. The Morgan fingerprint density at radius 2 is 1.81 bits per heavy atom. The third-order valence-corrected chi connectivity index (χ3v) is 6.45. The molecule has 0 bridgehead atoms. The van der Waals surface area contributed by atoms with Crippen LogP contribution in [0.25, 0.3) is 0 Å². The van der Waals surface area contributed by atoms with E-state index in [1.54, 1.807) is 0 Å². The molecule has 2 aliphatic rings. The first-order valence-electron chi connectivity index (χ1n) is 10.3. The van der Waals surface area contributed by atoms with Gasteiger partial charge in [-0.2, -0.15) is 0 Å². The number of allylic oxidation sites excluding steroid dienone is 5. The zero-order chi connectivity index (χ0) is 19.6. The quantitative estimate of drug-likeness (QED) is 0.349. The highest BCUT2D eigenvalue weighted by molar-refractivity contribution is 8.14. The van der Waals surface area contributed by atoms with Crippen molar-refractivity contribution >= 4 is 16.8 Å². The average molecular weight is 392 g/mol. The van der Waals surface area contributed by atoms with E-state index in [2.05, 4.69) is 45.9 Å². The lowest BCUT2D eigenvalue weighted by Crippen LogP contribution is -2.13. The number of hydrogen-bond donors (Lipinski definition) is 1. The maximum Gasteiger partial charge on any atom is 0.0836 e. The molecular formula is C23H37NO2S. The van der Waals surface area contributed by atoms with Gasteiger partial charge in [0.25, 0.3) is 0 Å². The summed E-state index contributed by atoms with van der Waals surface area (Å²) in [5.74, 6) is 2.03. The molecule has 1 heterocycles. The number of ether oxygens (including phenoxy) is 1. The van der Waals surface area contributed by atoms with Gasteiger partial charge in [-0.1, -0.05) is 34.9 Å². The van der Waals surface area contributed by atoms with E-state index in [1.807, 2.05) is 11.8 Å². The molecule has 0 radical (unpaired) electrons. The molecule has 0 amide bonds. The molecule has 0 aromatic heterocycles. The molecule has 4 heteroatoms. The lowest BCUT2D eigenvalue weighted by atomic mass is 10.1. The summed E-state index contributed by atoms with van der Waals surface area (Å²) in [6.07, 6.45) is 12.5. The summed E-state index contributed by atoms with van der Waals surface area (Å²) in [5, 5.41) is 10.4. The van der Waals surface area contributed by atoms with Gasteiger partial charge in [-0.15, -0.1) is 11.8 Å². The number of thioether (sulfide) groups is 1. The first kappa shape index (κ1) is 22.4. The molecule has 3 nitrogen and oxygen atoms in total. The zero-order valence-electron chi connectivity index (χ0n) is 17.5. The summed E-state index contributed by atoms with van der Waals surface area (Å²) >= 11 is 1.86. The molecule has 3 atom stereocenters. The Balaban J connectivity index is 1.56. The number of aliphatic hydroxyl groups is 1. The topological polar surface area (TPSA) is 41.8 Å². The van der Waals surface area contributed by atoms with Gasteiger partial charge >= 0.3 is 0 Å². The van der Waals surface area contributed by atoms with Crippen LogP contribution in [0.3, 0.4) is 0 Å². The smallest absolute Gasteiger partial charge is 0.0836 e. The number of aliphatic imine (C=N–C) groups is 1. The van der Waals surface area contributed by atoms with Gasteiger partial charge in [-0.05, 0) is 65.7 Å². The predicted molar refractivity (Wildman–Crippen MR) is 119 cm³/mol. The van der Waals surface area contributed by atoms with Crippen molar-refractivity contribution in [3.05, 3.63) is 34.9 Å². The summed E-state index contributed by atoms with van der Waals surface area (Å²) in [6.45, 7) is 10.4. The maximum atomic E-state index is 9.18. The minimum atomic E-state index is 0.296. The normalized spacial score (nSPS) is 25.5. The van der Waals surface area contributed by atoms with Gasteiger partial charge in [0, 0.05) is 18.3 Å². The van der Waals surface area contributed by atoms with Crippen molar-refractivity contribution in [2.45, 2.75) is 65.8 Å². The van der Waals surface area contributed by atoms with E-state index in [4.69, 9.17) is 9.73 Å². The Kier molecular flexibility index (Phi) is 9.88. The van der Waals surface area contributed by atoms with Crippen LogP contribution in [0.15, 0.2) is 39.9 Å². The Morgan fingerprint density at radius 3 is 2.48 bits per heavy atom. The Morgan fingerprint density at radius 1 is 1.11 bits per heavy atom. The van der Waals surface area contributed by atoms with Crippen molar-refractivity contribution < 1.29 is 9.84 Å². The zero-order valence-corrected chi connectivity index (χ0v) is 18.4. The van der Waals surface area contributed by atoms with E-state index in [9.17, 15) is 5.11 Å². The van der Waals surface area contributed by atoms with Crippen molar-refractivity contribution in [3.8, 4) is 0 Å². The van der Waals surface area contributed by atoms with Crippen LogP contribution in [0.4, 0.5) is 0 Å². The molecule has 0 unspecified atom stereocenters. The number of hydrogen-bond acceptors (Lipinski definition) is 4. The fraction of sp³-hybridized carbons (Fsp3) is 0.696. The SMILES string of the molecule is CC(C)=CCC/C(C)=C/CC/C(C)=C/COC[C@@H]1CSC([C@@H]2C[C@@H]2CO)=N1. The van der Waals surface area contributed by atoms with Crippen molar-refractivity contribution in [3.63, 3.8) is 0 Å². The summed E-state index contributed by atoms with van der Waals surface area (Å²) < 4.78 is 5.82. The molecule has 1 aliphatic heterocycles. The Bertz CT molecular complexity index is 587. The first-order chi connectivity index (χ1) is 13.0. The third-order valence-electron chi connectivity index (χ3n) is 5.19. The summed E-state index contributed by atoms with van der Waals surface area (Å²) in [4.78, 5) is 4.78. The fourth-order valence-corrected chi connectivity index (χ4v) is 4.48. The van der Waals surface area contributed by atoms with Crippen LogP contribution in [-0.4, -0.2) is 41.8 Å². The van der Waals surface area contributed by atoms with Crippen LogP contribution in [0, 0.1) is 11.8 Å². The van der Waals surface area contributed by atoms with Crippen LogP contribution < -0.4 is 0 Å². The van der Waals surface area contributed by atoms with Crippen LogP contribution in [0.1, 0.15) is 59.8 Å². The van der Waals surface area contributed by atoms with Gasteiger partial charge in [-0.25, -0.2) is 0 Å². The van der Waals surface area contributed by atoms with Gasteiger partial charge in [0.1, 0.15) is 0 Å². The van der Waals surface area contributed by atoms with Gasteiger partial charge in [-0.3, -0.25) is 4.99 Å². The molecular weight excluding hydrogens is 354 g/mol. The number of rotatable bonds is 12. The van der Waals surface area contributed by atoms with Crippen molar-refractivity contribution in [1.82, 2.24) is 0 Å². The highest BCUT2D eigenvalue weighted by Gasteiger charge is 2.42. The maximum absolute atomic E-state index is 9.18. The monoisotopic (exact) mass is 391 g/mol. The molecule has 1 fully saturated rings. The van der Waals surface area contributed by atoms with Crippen LogP contribution in [-0.2, 0) is 4.74 Å². The second kappa shape index (κ2) is 11.9. The van der Waals surface area contributed by atoms with Crippen molar-refractivity contribution in [2.75, 3.05) is 25.6 Å². The van der Waals surface area contributed by atoms with E-state index in [0.29, 0.717) is 37.7 Å². The summed E-state index contributed by atoms with van der Waals surface area (Å²) in [5.41, 5.74) is 4.29. The molecule has 2 rings (SSSR count). The molecule has 152 valence electrons. The van der Waals surface area contributed by atoms with Crippen LogP contribution in [0.2, 0.25) is 0 Å². The van der Waals surface area contributed by atoms with Gasteiger partial charge < -0.3 is 9.84 Å². The minimum absolute atomic E-state index is 0.296. The molecule has 0 spiro atoms. The third kappa shape index (κ3) is 8.80. The van der Waals surface area contributed by atoms with E-state index in [1.165, 1.54) is 28.2 Å². The molecule has 0 aromatic carbocycles. The highest BCUT2D eigenvalue weighted by Crippen LogP contribution is 2.44. The second-order valence-electron chi connectivity index (χ2n) is 8.21. The Hall–Kier alpha value is -0.840. The van der Waals surface area contributed by atoms with Gasteiger partial charge in [0.05, 0.1) is 24.3 Å². The number of nitrogens with zero attached hydrogens (tertiary/aromatic N) is 1. The van der Waals surface area contributed by atoms with Crippen molar-refractivity contribution in [2.24, 2.45) is 16.8 Å². The van der Waals surface area contributed by atoms with Crippen molar-refractivity contribution in [1.29, 1.82) is 0 Å². The molecule has 27 heavy (non-hydrogen) atoms. The molecule has 0 aromatic rings. The largest absolute Gasteiger partial charge is 0.396 e. The standard InChI is InChI=1S/C23H37NO2S/c1-17(2)7-5-8-18(3)9-6-10-19(4)11-12-26-15-21-16-27-23(24-21)22-13-20(22)14-25/h7,9,11,20-22,25H,5-6,8,10,12-16H2,1-4H3/b18-9+,19-11+/t20-,21-,22-/m1/s1. The lowest BCUT2D eigenvalue weighted by molar-refractivity contribution is 0.152. The lowest BCUT2D eigenvalue weighted by Gasteiger charge is -2.06. The van der Waals surface area contributed by atoms with E-state index in [0.717, 1.165) is 31.4 Å². The first-order valence-corrected chi connectivity index (χ1v) is 11.3. The molecule has 1 aliphatic carbocycles. The molecule has 1 N–H and O–H groups in total. The van der Waals surface area contributed by atoms with E-state index < -0.39 is 0 Å². The van der Waals surface area contributed by atoms with E-state index >= 15 is 0 Å². The highest BCUT2D eigenvalue weighted by atomic mass is 32.2. The van der Waals surface area contributed by atoms with Gasteiger partial charge in [0.2, 0.25) is 0 Å². The predicted octanol–water partition coefficient (Wildman–Crippen LogP) is 5.56. The van der Waals surface area contributed by atoms with E-state index in [-0.39, 0.29) is 0 Å². The van der Waals surface area contributed by atoms with Crippen LogP contribution in [0.5, 0.6) is 0 Å². The summed E-state index contributed by atoms with van der Waals surface area (Å²) in [7, 11) is 0. The minimum Gasteiger partial charge on any atom is -0.396 e. The van der Waals surface area contributed by atoms with Crippen LogP contribution >= 0.6 is 11.8 Å². The molecule has 1 saturated carbocycles. The average Bonchev–Trinajstić information content (AvgIpc) is 3.27. The second-order valence-corrected chi connectivity index (χ2v) is 9.25. The number of aliphatic hydroxyl groups excluding tert-OH is 1. The van der Waals surface area contributed by atoms with Gasteiger partial charge in [0.15, 0.2) is 0 Å². The molecule has 0 saturated heterocycles.